The van der Waals surface area contributed by atoms with Crippen molar-refractivity contribution >= 4 is 5.97 Å². The van der Waals surface area contributed by atoms with Crippen LogP contribution in [0, 0.1) is 0 Å². The van der Waals surface area contributed by atoms with Crippen molar-refractivity contribution in [2.24, 2.45) is 0 Å². The van der Waals surface area contributed by atoms with Crippen LogP contribution in [-0.4, -0.2) is 35.1 Å². The van der Waals surface area contributed by atoms with E-state index in [2.05, 4.69) is 11.8 Å². The fourth-order valence-corrected chi connectivity index (χ4v) is 1.72. The number of rotatable bonds is 3. The number of carbonyl (C=O) groups is 1. The Morgan fingerprint density at radius 2 is 2.38 bits per heavy atom. The smallest absolute Gasteiger partial charge is 0.328 e. The number of hydrogen-bond donors (Lipinski definition) is 1. The van der Waals surface area contributed by atoms with Gasteiger partial charge in [-0.25, -0.2) is 4.79 Å². The van der Waals surface area contributed by atoms with Crippen molar-refractivity contribution in [3.63, 3.8) is 0 Å². The van der Waals surface area contributed by atoms with Crippen LogP contribution in [0.3, 0.4) is 0 Å². The summed E-state index contributed by atoms with van der Waals surface area (Å²) in [7, 11) is 0. The molecule has 0 radical (unpaired) electrons. The van der Waals surface area contributed by atoms with E-state index >= 15 is 0 Å². The molecule has 3 heteroatoms. The highest BCUT2D eigenvalue weighted by Crippen LogP contribution is 2.15. The first-order valence-corrected chi connectivity index (χ1v) is 4.83. The van der Waals surface area contributed by atoms with E-state index in [1.807, 2.05) is 0 Å². The van der Waals surface area contributed by atoms with Crippen molar-refractivity contribution in [1.82, 2.24) is 4.90 Å². The van der Waals surface area contributed by atoms with E-state index in [-0.39, 0.29) is 0 Å². The molecule has 0 saturated carbocycles. The van der Waals surface area contributed by atoms with Gasteiger partial charge in [0.15, 0.2) is 0 Å². The summed E-state index contributed by atoms with van der Waals surface area (Å²) < 4.78 is 0. The molecule has 1 atom stereocenters. The average molecular weight is 183 g/mol. The van der Waals surface area contributed by atoms with E-state index < -0.39 is 5.97 Å². The number of carboxylic acid groups (broad SMARTS) is 1. The van der Waals surface area contributed by atoms with Crippen LogP contribution in [0.4, 0.5) is 0 Å². The van der Waals surface area contributed by atoms with Gasteiger partial charge >= 0.3 is 5.97 Å². The molecule has 74 valence electrons. The molecular weight excluding hydrogens is 166 g/mol. The number of aliphatic carboxylic acids is 1. The van der Waals surface area contributed by atoms with Gasteiger partial charge in [0.2, 0.25) is 0 Å². The number of likely N-dealkylation sites (tertiary alicyclic amines) is 1. The van der Waals surface area contributed by atoms with Gasteiger partial charge in [-0.05, 0) is 26.3 Å². The van der Waals surface area contributed by atoms with Gasteiger partial charge in [0, 0.05) is 18.7 Å². The summed E-state index contributed by atoms with van der Waals surface area (Å²) >= 11 is 0. The maximum Gasteiger partial charge on any atom is 0.328 e. The summed E-state index contributed by atoms with van der Waals surface area (Å²) in [5.41, 5.74) is 0. The van der Waals surface area contributed by atoms with Crippen LogP contribution in [0.1, 0.15) is 26.2 Å². The lowest BCUT2D eigenvalue weighted by Gasteiger charge is -2.32. The van der Waals surface area contributed by atoms with Gasteiger partial charge in [0.1, 0.15) is 0 Å². The summed E-state index contributed by atoms with van der Waals surface area (Å²) in [6.07, 6.45) is 6.73. The second kappa shape index (κ2) is 5.02. The third-order valence-electron chi connectivity index (χ3n) is 2.54. The number of hydrogen-bond acceptors (Lipinski definition) is 2. The number of piperidine rings is 1. The van der Waals surface area contributed by atoms with E-state index in [0.717, 1.165) is 13.1 Å². The lowest BCUT2D eigenvalue weighted by atomic mass is 10.0. The molecule has 3 nitrogen and oxygen atoms in total. The molecule has 0 spiro atoms. The Labute approximate surface area is 79.0 Å². The lowest BCUT2D eigenvalue weighted by Crippen LogP contribution is -2.37. The summed E-state index contributed by atoms with van der Waals surface area (Å²) in [5.74, 6) is -0.857. The zero-order valence-corrected chi connectivity index (χ0v) is 8.07. The summed E-state index contributed by atoms with van der Waals surface area (Å²) in [4.78, 5) is 12.5. The molecule has 1 N–H and O–H groups in total. The fourth-order valence-electron chi connectivity index (χ4n) is 1.72. The third kappa shape index (κ3) is 3.59. The highest BCUT2D eigenvalue weighted by molar-refractivity contribution is 5.79. The van der Waals surface area contributed by atoms with Gasteiger partial charge in [0.25, 0.3) is 0 Å². The van der Waals surface area contributed by atoms with E-state index in [9.17, 15) is 4.79 Å². The molecule has 1 rings (SSSR count). The standard InChI is InChI=1S/C10H17NO2/c1-9-5-2-3-7-11(9)8-4-6-10(12)13/h4,6,9H,2-3,5,7-8H2,1H3,(H,12,13). The van der Waals surface area contributed by atoms with Crippen molar-refractivity contribution < 1.29 is 9.90 Å². The zero-order valence-electron chi connectivity index (χ0n) is 8.07. The minimum absolute atomic E-state index is 0.604. The van der Waals surface area contributed by atoms with Crippen LogP contribution in [0.15, 0.2) is 12.2 Å². The van der Waals surface area contributed by atoms with Gasteiger partial charge in [0.05, 0.1) is 0 Å². The predicted octanol–water partition coefficient (Wildman–Crippen LogP) is 1.50. The quantitative estimate of drug-likeness (QED) is 0.674. The Morgan fingerprint density at radius 1 is 1.62 bits per heavy atom. The summed E-state index contributed by atoms with van der Waals surface area (Å²) in [6, 6.07) is 0.604. The largest absolute Gasteiger partial charge is 0.478 e. The van der Waals surface area contributed by atoms with E-state index in [4.69, 9.17) is 5.11 Å². The number of carboxylic acids is 1. The molecule has 1 aliphatic heterocycles. The molecule has 13 heavy (non-hydrogen) atoms. The average Bonchev–Trinajstić information content (AvgIpc) is 2.08. The predicted molar refractivity (Wildman–Crippen MR) is 51.7 cm³/mol. The van der Waals surface area contributed by atoms with Crippen molar-refractivity contribution in [1.29, 1.82) is 0 Å². The van der Waals surface area contributed by atoms with Crippen LogP contribution in [0.25, 0.3) is 0 Å². The monoisotopic (exact) mass is 183 g/mol. The van der Waals surface area contributed by atoms with Gasteiger partial charge in [-0.1, -0.05) is 12.5 Å². The molecule has 1 fully saturated rings. The first-order chi connectivity index (χ1) is 6.20. The second-order valence-electron chi connectivity index (χ2n) is 3.58. The molecule has 1 saturated heterocycles. The molecule has 1 unspecified atom stereocenters. The SMILES string of the molecule is CC1CCCCN1CC=CC(=O)O. The Balaban J connectivity index is 2.30. The highest BCUT2D eigenvalue weighted by atomic mass is 16.4. The van der Waals surface area contributed by atoms with Gasteiger partial charge in [-0.2, -0.15) is 0 Å². The van der Waals surface area contributed by atoms with Crippen LogP contribution in [-0.2, 0) is 4.79 Å². The first kappa shape index (κ1) is 10.3. The van der Waals surface area contributed by atoms with Crippen LogP contribution >= 0.6 is 0 Å². The topological polar surface area (TPSA) is 40.5 Å². The maximum atomic E-state index is 10.2. The van der Waals surface area contributed by atoms with Crippen molar-refractivity contribution in [2.75, 3.05) is 13.1 Å². The fraction of sp³-hybridized carbons (Fsp3) is 0.700. The lowest BCUT2D eigenvalue weighted by molar-refractivity contribution is -0.131. The second-order valence-corrected chi connectivity index (χ2v) is 3.58. The molecule has 0 aliphatic carbocycles. The molecule has 0 aromatic heterocycles. The maximum absolute atomic E-state index is 10.2. The summed E-state index contributed by atoms with van der Waals surface area (Å²) in [5, 5.41) is 8.40. The minimum Gasteiger partial charge on any atom is -0.478 e. The van der Waals surface area contributed by atoms with Crippen molar-refractivity contribution in [3.05, 3.63) is 12.2 Å². The Bertz CT molecular complexity index is 201. The van der Waals surface area contributed by atoms with E-state index in [1.165, 1.54) is 25.3 Å². The Hall–Kier alpha value is -0.830. The van der Waals surface area contributed by atoms with Crippen LogP contribution in [0.2, 0.25) is 0 Å². The van der Waals surface area contributed by atoms with Gasteiger partial charge in [-0.3, -0.25) is 4.90 Å². The minimum atomic E-state index is -0.857. The summed E-state index contributed by atoms with van der Waals surface area (Å²) in [6.45, 7) is 4.08. The van der Waals surface area contributed by atoms with Crippen LogP contribution in [0.5, 0.6) is 0 Å². The van der Waals surface area contributed by atoms with Crippen LogP contribution < -0.4 is 0 Å². The molecule has 1 aliphatic rings. The molecule has 0 aromatic rings. The Morgan fingerprint density at radius 3 is 3.00 bits per heavy atom. The van der Waals surface area contributed by atoms with Crippen molar-refractivity contribution in [3.8, 4) is 0 Å². The zero-order chi connectivity index (χ0) is 9.68. The molecule has 0 bridgehead atoms. The molecule has 0 aromatic carbocycles. The highest BCUT2D eigenvalue weighted by Gasteiger charge is 2.16. The van der Waals surface area contributed by atoms with E-state index in [0.29, 0.717) is 6.04 Å². The first-order valence-electron chi connectivity index (χ1n) is 4.83. The van der Waals surface area contributed by atoms with E-state index in [1.54, 1.807) is 6.08 Å². The molecule has 1 heterocycles. The van der Waals surface area contributed by atoms with Crippen molar-refractivity contribution in [2.45, 2.75) is 32.2 Å². The van der Waals surface area contributed by atoms with Gasteiger partial charge < -0.3 is 5.11 Å². The molecular formula is C10H17NO2. The normalized spacial score (nSPS) is 25.2. The Kier molecular flexibility index (Phi) is 3.96. The third-order valence-corrected chi connectivity index (χ3v) is 2.54. The molecule has 0 amide bonds. The van der Waals surface area contributed by atoms with Gasteiger partial charge in [-0.15, -0.1) is 0 Å². The number of nitrogens with zero attached hydrogens (tertiary/aromatic N) is 1.